The first-order chi connectivity index (χ1) is 16.8. The van der Waals surface area contributed by atoms with Gasteiger partial charge in [0.05, 0.1) is 11.2 Å². The van der Waals surface area contributed by atoms with Crippen LogP contribution in [0.1, 0.15) is 35.9 Å². The molecule has 1 aromatic heterocycles. The number of anilines is 1. The highest BCUT2D eigenvalue weighted by Crippen LogP contribution is 2.24. The number of rotatable bonds is 8. The van der Waals surface area contributed by atoms with Crippen LogP contribution in [0, 0.1) is 5.92 Å². The summed E-state index contributed by atoms with van der Waals surface area (Å²) >= 11 is 0. The molecule has 2 heterocycles. The molecule has 8 nitrogen and oxygen atoms in total. The van der Waals surface area contributed by atoms with Crippen molar-refractivity contribution in [3.63, 3.8) is 0 Å². The van der Waals surface area contributed by atoms with Gasteiger partial charge in [-0.3, -0.25) is 9.59 Å². The lowest BCUT2D eigenvalue weighted by atomic mass is 10.0. The number of hydrogen-bond donors (Lipinski definition) is 2. The first-order valence-electron chi connectivity index (χ1n) is 11.6. The molecule has 2 aromatic carbocycles. The molecule has 1 aliphatic heterocycles. The lowest BCUT2D eigenvalue weighted by Crippen LogP contribution is -2.45. The fourth-order valence-corrected chi connectivity index (χ4v) is 5.75. The van der Waals surface area contributed by atoms with Gasteiger partial charge in [-0.1, -0.05) is 37.3 Å². The van der Waals surface area contributed by atoms with E-state index in [0.29, 0.717) is 24.7 Å². The normalized spacial score (nSPS) is 17.5. The van der Waals surface area contributed by atoms with Gasteiger partial charge in [0.25, 0.3) is 5.91 Å². The van der Waals surface area contributed by atoms with E-state index in [1.165, 1.54) is 28.8 Å². The van der Waals surface area contributed by atoms with E-state index in [1.807, 2.05) is 30.3 Å². The minimum atomic E-state index is -3.59. The fraction of sp³-hybridized carbons (Fsp3) is 0.308. The van der Waals surface area contributed by atoms with E-state index < -0.39 is 27.9 Å². The maximum absolute atomic E-state index is 13.1. The summed E-state index contributed by atoms with van der Waals surface area (Å²) in [6.45, 7) is 3.08. The van der Waals surface area contributed by atoms with Gasteiger partial charge in [-0.15, -0.1) is 0 Å². The fourth-order valence-electron chi connectivity index (χ4n) is 4.15. The quantitative estimate of drug-likeness (QED) is 0.496. The summed E-state index contributed by atoms with van der Waals surface area (Å²) in [6, 6.07) is 17.7. The van der Waals surface area contributed by atoms with Gasteiger partial charge in [0, 0.05) is 25.2 Å². The highest BCUT2D eigenvalue weighted by atomic mass is 32.2. The molecular weight excluding hydrogens is 466 g/mol. The first kappa shape index (κ1) is 24.7. The number of carbonyl (C=O) groups is 2. The molecule has 2 unspecified atom stereocenters. The summed E-state index contributed by atoms with van der Waals surface area (Å²) in [7, 11) is -3.59. The number of nitrogens with one attached hydrogen (secondary N) is 2. The highest BCUT2D eigenvalue weighted by Gasteiger charge is 2.29. The Morgan fingerprint density at radius 2 is 1.80 bits per heavy atom. The first-order valence-corrected chi connectivity index (χ1v) is 13.1. The molecule has 0 radical (unpaired) electrons. The van der Waals surface area contributed by atoms with Crippen molar-refractivity contribution in [3.05, 3.63) is 84.3 Å². The largest absolute Gasteiger partial charge is 0.459 e. The second-order valence-electron chi connectivity index (χ2n) is 8.82. The van der Waals surface area contributed by atoms with E-state index in [9.17, 15) is 18.0 Å². The average Bonchev–Trinajstić information content (AvgIpc) is 3.40. The molecule has 9 heteroatoms. The minimum Gasteiger partial charge on any atom is -0.459 e. The number of benzene rings is 2. The molecule has 2 atom stereocenters. The summed E-state index contributed by atoms with van der Waals surface area (Å²) in [5.74, 6) is -0.482. The number of piperidine rings is 1. The molecule has 4 rings (SSSR count). The number of furan rings is 1. The van der Waals surface area contributed by atoms with Crippen molar-refractivity contribution in [2.45, 2.75) is 37.1 Å². The number of nitrogens with zero attached hydrogens (tertiary/aromatic N) is 1. The lowest BCUT2D eigenvalue weighted by Gasteiger charge is -2.30. The minimum absolute atomic E-state index is 0.109. The topological polar surface area (TPSA) is 109 Å². The van der Waals surface area contributed by atoms with E-state index in [0.717, 1.165) is 18.4 Å². The number of carbonyl (C=O) groups excluding carboxylic acids is 2. The molecule has 2 N–H and O–H groups in total. The Balaban J connectivity index is 1.47. The number of hydrogen-bond acceptors (Lipinski definition) is 5. The summed E-state index contributed by atoms with van der Waals surface area (Å²) in [4.78, 5) is 25.8. The third-order valence-electron chi connectivity index (χ3n) is 6.03. The highest BCUT2D eigenvalue weighted by molar-refractivity contribution is 7.89. The zero-order chi connectivity index (χ0) is 24.8. The van der Waals surface area contributed by atoms with Crippen molar-refractivity contribution in [1.29, 1.82) is 0 Å². The number of amides is 2. The van der Waals surface area contributed by atoms with Crippen molar-refractivity contribution in [1.82, 2.24) is 9.62 Å². The average molecular weight is 496 g/mol. The molecule has 0 saturated carbocycles. The molecule has 0 spiro atoms. The maximum Gasteiger partial charge on any atom is 0.287 e. The van der Waals surface area contributed by atoms with Crippen LogP contribution in [0.15, 0.2) is 82.3 Å². The Kier molecular flexibility index (Phi) is 7.67. The summed E-state index contributed by atoms with van der Waals surface area (Å²) in [5, 5.41) is 5.51. The van der Waals surface area contributed by atoms with Gasteiger partial charge >= 0.3 is 0 Å². The molecule has 1 aliphatic rings. The molecule has 0 aliphatic carbocycles. The van der Waals surface area contributed by atoms with Gasteiger partial charge < -0.3 is 15.1 Å². The van der Waals surface area contributed by atoms with Crippen LogP contribution in [0.2, 0.25) is 0 Å². The van der Waals surface area contributed by atoms with Gasteiger partial charge in [-0.2, -0.15) is 4.31 Å². The SMILES string of the molecule is CC1CCCN(S(=O)(=O)c2ccc(NC(=O)C(Cc3ccccc3)NC(=O)c3ccco3)cc2)C1. The van der Waals surface area contributed by atoms with E-state index in [2.05, 4.69) is 17.6 Å². The van der Waals surface area contributed by atoms with E-state index in [4.69, 9.17) is 4.42 Å². The molecule has 0 bridgehead atoms. The molecule has 184 valence electrons. The molecule has 35 heavy (non-hydrogen) atoms. The van der Waals surface area contributed by atoms with Crippen LogP contribution in [-0.2, 0) is 21.2 Å². The lowest BCUT2D eigenvalue weighted by molar-refractivity contribution is -0.118. The van der Waals surface area contributed by atoms with Crippen molar-refractivity contribution < 1.29 is 22.4 Å². The smallest absolute Gasteiger partial charge is 0.287 e. The van der Waals surface area contributed by atoms with Crippen LogP contribution < -0.4 is 10.6 Å². The standard InChI is InChI=1S/C26H29N3O5S/c1-19-7-5-15-29(18-19)35(32,33)22-13-11-21(12-14-22)27-25(30)23(17-20-8-3-2-4-9-20)28-26(31)24-10-6-16-34-24/h2-4,6,8-14,16,19,23H,5,7,15,17-18H2,1H3,(H,27,30)(H,28,31). The predicted octanol–water partition coefficient (Wildman–Crippen LogP) is 3.68. The van der Waals surface area contributed by atoms with Crippen molar-refractivity contribution >= 4 is 27.5 Å². The predicted molar refractivity (Wildman–Crippen MR) is 132 cm³/mol. The second-order valence-corrected chi connectivity index (χ2v) is 10.8. The zero-order valence-electron chi connectivity index (χ0n) is 19.5. The molecule has 1 fully saturated rings. The van der Waals surface area contributed by atoms with Gasteiger partial charge in [0.1, 0.15) is 6.04 Å². The van der Waals surface area contributed by atoms with Crippen LogP contribution in [0.25, 0.3) is 0 Å². The van der Waals surface area contributed by atoms with Gasteiger partial charge in [0.15, 0.2) is 5.76 Å². The summed E-state index contributed by atoms with van der Waals surface area (Å²) < 4.78 is 32.7. The molecule has 2 amide bonds. The van der Waals surface area contributed by atoms with Crippen molar-refractivity contribution in [2.75, 3.05) is 18.4 Å². The van der Waals surface area contributed by atoms with Crippen molar-refractivity contribution in [2.24, 2.45) is 5.92 Å². The van der Waals surface area contributed by atoms with E-state index in [1.54, 1.807) is 18.2 Å². The molecule has 3 aromatic rings. The van der Waals surface area contributed by atoms with E-state index >= 15 is 0 Å². The van der Waals surface area contributed by atoms with Crippen LogP contribution >= 0.6 is 0 Å². The van der Waals surface area contributed by atoms with Crippen LogP contribution in [0.4, 0.5) is 5.69 Å². The Hall–Kier alpha value is -3.43. The number of sulfonamides is 1. The Morgan fingerprint density at radius 1 is 1.06 bits per heavy atom. The third-order valence-corrected chi connectivity index (χ3v) is 7.91. The van der Waals surface area contributed by atoms with Gasteiger partial charge in [-0.25, -0.2) is 8.42 Å². The van der Waals surface area contributed by atoms with Crippen molar-refractivity contribution in [3.8, 4) is 0 Å². The van der Waals surface area contributed by atoms with E-state index in [-0.39, 0.29) is 17.1 Å². The Labute approximate surface area is 205 Å². The maximum atomic E-state index is 13.1. The molecular formula is C26H29N3O5S. The Morgan fingerprint density at radius 3 is 2.46 bits per heavy atom. The zero-order valence-corrected chi connectivity index (χ0v) is 20.3. The van der Waals surface area contributed by atoms with Crippen LogP contribution in [-0.4, -0.2) is 43.7 Å². The van der Waals surface area contributed by atoms with Gasteiger partial charge in [-0.05, 0) is 60.7 Å². The molecule has 1 saturated heterocycles. The monoisotopic (exact) mass is 495 g/mol. The summed E-state index contributed by atoms with van der Waals surface area (Å²) in [5.41, 5.74) is 1.32. The second kappa shape index (κ2) is 10.9. The Bertz CT molecular complexity index is 1240. The van der Waals surface area contributed by atoms with Gasteiger partial charge in [0.2, 0.25) is 15.9 Å². The van der Waals surface area contributed by atoms with Crippen LogP contribution in [0.5, 0.6) is 0 Å². The third kappa shape index (κ3) is 6.17. The van der Waals surface area contributed by atoms with Crippen LogP contribution in [0.3, 0.4) is 0 Å². The summed E-state index contributed by atoms with van der Waals surface area (Å²) in [6.07, 6.45) is 3.54.